The first kappa shape index (κ1) is 102. The van der Waals surface area contributed by atoms with Gasteiger partial charge >= 0.3 is 0 Å². The minimum atomic E-state index is -0.361. The van der Waals surface area contributed by atoms with E-state index in [4.69, 9.17) is 42.6 Å². The molecular weight excluding hydrogens is 1670 g/mol. The van der Waals surface area contributed by atoms with Crippen LogP contribution in [-0.2, 0) is 0 Å². The van der Waals surface area contributed by atoms with E-state index in [1.165, 1.54) is 84.1 Å². The van der Waals surface area contributed by atoms with Crippen molar-refractivity contribution in [2.75, 3.05) is 57.4 Å². The van der Waals surface area contributed by atoms with Crippen LogP contribution in [0.2, 0.25) is 0 Å². The van der Waals surface area contributed by atoms with E-state index in [0.717, 1.165) is 112 Å². The first-order chi connectivity index (χ1) is 62.0. The maximum atomic E-state index is 9.60. The van der Waals surface area contributed by atoms with Crippen LogP contribution in [0, 0.1) is 13.8 Å². The number of anilines is 1. The van der Waals surface area contributed by atoms with Crippen molar-refractivity contribution >= 4 is 29.2 Å². The number of aliphatic hydroxyl groups excluding tert-OH is 4. The zero-order chi connectivity index (χ0) is 95.0. The lowest BCUT2D eigenvalue weighted by Gasteiger charge is -2.36. The Bertz CT molecular complexity index is 5080. The van der Waals surface area contributed by atoms with Crippen molar-refractivity contribution in [1.82, 2.24) is 0 Å². The van der Waals surface area contributed by atoms with Crippen molar-refractivity contribution < 1.29 is 63.1 Å². The van der Waals surface area contributed by atoms with Gasteiger partial charge in [0.15, 0.2) is 0 Å². The molecule has 14 nitrogen and oxygen atoms in total. The molecule has 16 heteroatoms. The normalized spacial score (nSPS) is 25.0. The summed E-state index contributed by atoms with van der Waals surface area (Å²) in [6.07, 6.45) is 5.62. The third-order valence-electron chi connectivity index (χ3n) is 26.6. The topological polar surface area (TPSA) is 167 Å². The van der Waals surface area contributed by atoms with Crippen molar-refractivity contribution in [3.63, 3.8) is 0 Å². The highest BCUT2D eigenvalue weighted by Gasteiger charge is 2.38. The SMILES string of the molecule is CC1CC(C)(C)Oc2ccccc21.CC1CCN(C)c2ccccc21.CC1c2ccccc2OC[C@@H]1O.CC1c2ccccc2OC[C@H]1O.CC1c2ccccc2SC[C@@H]1O.CC1c2ccccc2SC[C@H]1O.COc1ccc2c(c1)C(C)CC(C)(C)O2.COc1ccc2c(c1)OC(C)(C)CC2C.Cc1ccc2c(c1)C(C)CC(C)(C)O2.Cc1ccc2c(c1)OC(C)(C)CC2C. The Hall–Kier alpha value is -9.26. The molecule has 10 aliphatic rings. The van der Waals surface area contributed by atoms with Crippen LogP contribution in [0.15, 0.2) is 228 Å². The van der Waals surface area contributed by atoms with E-state index in [1.54, 1.807) is 37.7 Å². The lowest BCUT2D eigenvalue weighted by Crippen LogP contribution is -2.34. The van der Waals surface area contributed by atoms with Crippen molar-refractivity contribution in [2.45, 2.75) is 312 Å². The van der Waals surface area contributed by atoms with Crippen molar-refractivity contribution in [3.05, 3.63) is 285 Å². The zero-order valence-electron chi connectivity index (χ0n) is 82.9. The van der Waals surface area contributed by atoms with Crippen molar-refractivity contribution in [1.29, 1.82) is 0 Å². The molecule has 10 aromatic carbocycles. The van der Waals surface area contributed by atoms with Crippen LogP contribution in [0.5, 0.6) is 51.7 Å². The molecule has 14 atom stereocenters. The van der Waals surface area contributed by atoms with Crippen molar-refractivity contribution in [3.8, 4) is 51.7 Å². The summed E-state index contributed by atoms with van der Waals surface area (Å²) in [5.41, 5.74) is 16.8. The van der Waals surface area contributed by atoms with E-state index in [2.05, 4.69) is 278 Å². The Morgan fingerprint density at radius 1 is 0.305 bits per heavy atom. The number of thioether (sulfide) groups is 2. The van der Waals surface area contributed by atoms with E-state index in [0.29, 0.717) is 54.6 Å². The molecular formula is C115H151NO13S2. The fourth-order valence-electron chi connectivity index (χ4n) is 19.4. The smallest absolute Gasteiger partial charge is 0.127 e. The Balaban J connectivity index is 0.000000141. The maximum absolute atomic E-state index is 9.60. The molecule has 0 aromatic heterocycles. The number of fused-ring (bicyclic) bond motifs is 10. The Morgan fingerprint density at radius 2 is 0.618 bits per heavy atom. The van der Waals surface area contributed by atoms with Gasteiger partial charge in [-0.1, -0.05) is 214 Å². The number of aliphatic hydroxyl groups is 4. The highest BCUT2D eigenvalue weighted by atomic mass is 32.2. The lowest BCUT2D eigenvalue weighted by atomic mass is 9.85. The van der Waals surface area contributed by atoms with Crippen LogP contribution in [0.4, 0.5) is 5.69 Å². The average Bonchev–Trinajstić information content (AvgIpc) is 0.796. The molecule has 0 amide bonds. The van der Waals surface area contributed by atoms with Gasteiger partial charge in [-0.25, -0.2) is 0 Å². The van der Waals surface area contributed by atoms with E-state index in [9.17, 15) is 20.4 Å². The van der Waals surface area contributed by atoms with Gasteiger partial charge in [0.25, 0.3) is 0 Å². The Labute approximate surface area is 793 Å². The summed E-state index contributed by atoms with van der Waals surface area (Å²) in [4.78, 5) is 5.00. The molecule has 0 saturated heterocycles. The molecule has 131 heavy (non-hydrogen) atoms. The van der Waals surface area contributed by atoms with Gasteiger partial charge < -0.3 is 68.0 Å². The van der Waals surface area contributed by atoms with Gasteiger partial charge in [0.2, 0.25) is 0 Å². The number of benzene rings is 10. The van der Waals surface area contributed by atoms with E-state index >= 15 is 0 Å². The molecule has 10 aliphatic heterocycles. The zero-order valence-corrected chi connectivity index (χ0v) is 84.5. The van der Waals surface area contributed by atoms with Gasteiger partial charge in [0.05, 0.1) is 38.6 Å². The van der Waals surface area contributed by atoms with Gasteiger partial charge in [-0.05, 0) is 286 Å². The third-order valence-corrected chi connectivity index (χ3v) is 29.0. The predicted octanol–water partition coefficient (Wildman–Crippen LogP) is 27.6. The number of ether oxygens (including phenoxy) is 9. The molecule has 706 valence electrons. The van der Waals surface area contributed by atoms with Gasteiger partial charge in [0.1, 0.15) is 93.0 Å². The molecule has 20 rings (SSSR count). The first-order valence-electron chi connectivity index (χ1n) is 47.5. The monoisotopic (exact) mass is 1820 g/mol. The summed E-state index contributed by atoms with van der Waals surface area (Å²) in [6.45, 7) is 49.6. The number of para-hydroxylation sites is 4. The second-order valence-corrected chi connectivity index (χ2v) is 42.9. The number of hydrogen-bond donors (Lipinski definition) is 4. The largest absolute Gasteiger partial charge is 0.497 e. The predicted molar refractivity (Wildman–Crippen MR) is 542 cm³/mol. The fourth-order valence-corrected chi connectivity index (χ4v) is 21.9. The summed E-state index contributed by atoms with van der Waals surface area (Å²) in [7, 11) is 5.55. The summed E-state index contributed by atoms with van der Waals surface area (Å²) in [6, 6.07) is 74.5. The highest BCUT2D eigenvalue weighted by Crippen LogP contribution is 2.48. The van der Waals surface area contributed by atoms with Crippen LogP contribution < -0.4 is 47.5 Å². The van der Waals surface area contributed by atoms with E-state index in [1.807, 2.05) is 105 Å². The second-order valence-electron chi connectivity index (χ2n) is 40.8. The second kappa shape index (κ2) is 45.2. The average molecular weight is 1820 g/mol. The third kappa shape index (κ3) is 27.7. The molecule has 0 radical (unpaired) electrons. The first-order valence-corrected chi connectivity index (χ1v) is 49.5. The maximum Gasteiger partial charge on any atom is 0.127 e. The van der Waals surface area contributed by atoms with E-state index < -0.39 is 0 Å². The number of methoxy groups -OCH3 is 2. The summed E-state index contributed by atoms with van der Waals surface area (Å²) in [5, 5.41) is 38.2. The van der Waals surface area contributed by atoms with Gasteiger partial charge in [0, 0.05) is 75.9 Å². The minimum absolute atomic E-state index is 0.00618. The number of aryl methyl sites for hydroxylation is 2. The molecule has 10 aromatic rings. The fraction of sp³-hybridized carbons (Fsp3) is 0.478. The van der Waals surface area contributed by atoms with Gasteiger partial charge in [-0.15, -0.1) is 23.5 Å². The summed E-state index contributed by atoms with van der Waals surface area (Å²) in [5.74, 6) is 15.0. The van der Waals surface area contributed by atoms with Crippen LogP contribution in [-0.4, -0.2) is 125 Å². The summed E-state index contributed by atoms with van der Waals surface area (Å²) >= 11 is 3.50. The quantitative estimate of drug-likeness (QED) is 0.129. The minimum Gasteiger partial charge on any atom is -0.497 e. The summed E-state index contributed by atoms with van der Waals surface area (Å²) < 4.78 is 50.8. The van der Waals surface area contributed by atoms with Crippen LogP contribution in [0.3, 0.4) is 0 Å². The van der Waals surface area contributed by atoms with Crippen LogP contribution >= 0.6 is 23.5 Å². The lowest BCUT2D eigenvalue weighted by molar-refractivity contribution is 0.0713. The van der Waals surface area contributed by atoms with Crippen LogP contribution in [0.25, 0.3) is 0 Å². The molecule has 10 unspecified atom stereocenters. The molecule has 0 bridgehead atoms. The highest BCUT2D eigenvalue weighted by molar-refractivity contribution is 7.99. The molecule has 4 N–H and O–H groups in total. The number of rotatable bonds is 2. The Kier molecular flexibility index (Phi) is 35.3. The van der Waals surface area contributed by atoms with Gasteiger partial charge in [-0.2, -0.15) is 0 Å². The van der Waals surface area contributed by atoms with Crippen molar-refractivity contribution in [2.24, 2.45) is 0 Å². The molecule has 0 spiro atoms. The van der Waals surface area contributed by atoms with E-state index in [-0.39, 0.29) is 64.3 Å². The van der Waals surface area contributed by atoms with Gasteiger partial charge in [-0.3, -0.25) is 0 Å². The Morgan fingerprint density at radius 3 is 1.07 bits per heavy atom. The number of hydrogen-bond acceptors (Lipinski definition) is 16. The molecule has 0 saturated carbocycles. The molecule has 10 heterocycles. The number of nitrogens with zero attached hydrogens (tertiary/aromatic N) is 1. The van der Waals surface area contributed by atoms with Crippen LogP contribution in [0.1, 0.15) is 303 Å². The molecule has 0 fully saturated rings. The standard InChI is InChI=1S/2C13H18O2.2C13H18O.C12H16O.C11H15N.2C10H12O2.2C10H12OS/c1-9-8-13(2,3)15-12-6-5-10(14-4)7-11(9)12;1-9-8-13(2,3)15-12-7-10(14-4)5-6-11(9)12;1-9-5-6-12-11(7-9)10(2)8-13(3,4)14-12;1-9-5-6-11-10(2)8-13(3,4)14-12(11)7-9;1-9-8-12(2,3)13-11-7-5-4-6-10(9)11;1-9-7-8-12(2)11-6-4-3-5-10(9)11;4*1-7-8-4-2-3-5-10(8)12-6-9(7)11/h2*5-7,9H,8H2,1-4H3;2*5-7,10H,8H2,1-4H3;4-7,9H,8H2,1-3H3;3-6,9H,7-8H2,1-2H3;4*2-5,7,9,11H,6H2,1H3/t;;;;;;4*7?,9-/m......1010/s1. The molecule has 0 aliphatic carbocycles.